The molecule has 8 heteroatoms. The number of methoxy groups -OCH3 is 1. The molecule has 0 radical (unpaired) electrons. The molecule has 0 saturated heterocycles. The number of hydrogen-bond acceptors (Lipinski definition) is 6. The number of ether oxygens (including phenoxy) is 1. The van der Waals surface area contributed by atoms with Crippen LogP contribution in [-0.4, -0.2) is 34.4 Å². The third kappa shape index (κ3) is 4.72. The predicted octanol–water partition coefficient (Wildman–Crippen LogP) is 6.16. The van der Waals surface area contributed by atoms with E-state index in [1.165, 1.54) is 0 Å². The molecule has 36 heavy (non-hydrogen) atoms. The fraction of sp³-hybridized carbons (Fsp3) is 0.179. The molecule has 1 atom stereocenters. The highest BCUT2D eigenvalue weighted by atomic mass is 32.2. The summed E-state index contributed by atoms with van der Waals surface area (Å²) in [5.74, 6) is 1.65. The average Bonchev–Trinajstić information content (AvgIpc) is 3.41. The summed E-state index contributed by atoms with van der Waals surface area (Å²) in [6.45, 7) is 2.32. The summed E-state index contributed by atoms with van der Waals surface area (Å²) in [7, 11) is 1.63. The van der Waals surface area contributed by atoms with Gasteiger partial charge < -0.3 is 14.6 Å². The number of carbonyl (C=O) groups is 1. The van der Waals surface area contributed by atoms with Crippen molar-refractivity contribution in [3.05, 3.63) is 102 Å². The van der Waals surface area contributed by atoms with Gasteiger partial charge in [-0.3, -0.25) is 4.90 Å². The Balaban J connectivity index is 1.57. The van der Waals surface area contributed by atoms with Crippen LogP contribution < -0.4 is 10.1 Å². The van der Waals surface area contributed by atoms with Crippen LogP contribution in [0.1, 0.15) is 30.0 Å². The fourth-order valence-electron chi connectivity index (χ4n) is 4.25. The van der Waals surface area contributed by atoms with E-state index >= 15 is 0 Å². The maximum Gasteiger partial charge on any atom is 0.322 e. The van der Waals surface area contributed by atoms with E-state index in [2.05, 4.69) is 10.5 Å². The highest BCUT2D eigenvalue weighted by Crippen LogP contribution is 2.38. The molecule has 1 aromatic heterocycles. The average molecular weight is 499 g/mol. The summed E-state index contributed by atoms with van der Waals surface area (Å²) in [6, 6.07) is 24.9. The SMILES string of the molecule is COc1ccc(CN2C(=O)NC(c3ccc(SC)cc3)C(c3nc(-c4ccccc4)no3)=C2C)cc1. The number of allylic oxidation sites excluding steroid dienone is 1. The number of nitrogens with one attached hydrogen (secondary N) is 1. The minimum absolute atomic E-state index is 0.186. The molecule has 5 rings (SSSR count). The van der Waals surface area contributed by atoms with Gasteiger partial charge >= 0.3 is 6.03 Å². The highest BCUT2D eigenvalue weighted by molar-refractivity contribution is 7.98. The van der Waals surface area contributed by atoms with Gasteiger partial charge in [-0.15, -0.1) is 11.8 Å². The van der Waals surface area contributed by atoms with Gasteiger partial charge in [0.05, 0.1) is 25.3 Å². The van der Waals surface area contributed by atoms with E-state index in [-0.39, 0.29) is 6.03 Å². The van der Waals surface area contributed by atoms with Crippen molar-refractivity contribution in [1.29, 1.82) is 0 Å². The molecule has 0 bridgehead atoms. The number of nitrogens with zero attached hydrogens (tertiary/aromatic N) is 3. The summed E-state index contributed by atoms with van der Waals surface area (Å²) >= 11 is 1.67. The van der Waals surface area contributed by atoms with E-state index in [1.807, 2.05) is 92.0 Å². The maximum atomic E-state index is 13.3. The van der Waals surface area contributed by atoms with Crippen LogP contribution in [0.5, 0.6) is 5.75 Å². The van der Waals surface area contributed by atoms with Gasteiger partial charge in [0.25, 0.3) is 5.89 Å². The van der Waals surface area contributed by atoms with Crippen molar-refractivity contribution in [1.82, 2.24) is 20.4 Å². The molecule has 0 saturated carbocycles. The van der Waals surface area contributed by atoms with Gasteiger partial charge in [-0.05, 0) is 48.6 Å². The molecule has 1 aliphatic rings. The number of amides is 2. The molecule has 2 heterocycles. The smallest absolute Gasteiger partial charge is 0.322 e. The third-order valence-electron chi connectivity index (χ3n) is 6.23. The molecule has 3 aromatic carbocycles. The largest absolute Gasteiger partial charge is 0.497 e. The van der Waals surface area contributed by atoms with Gasteiger partial charge in [0, 0.05) is 16.2 Å². The molecule has 182 valence electrons. The standard InChI is InChI=1S/C28H26N4O3S/c1-18-24(27-30-26(31-35-27)21-7-5-4-6-8-21)25(20-11-15-23(36-3)16-12-20)29-28(33)32(18)17-19-9-13-22(34-2)14-10-19/h4-16,25H,17H2,1-3H3,(H,29,33). The first-order chi connectivity index (χ1) is 17.6. The molecular weight excluding hydrogens is 472 g/mol. The van der Waals surface area contributed by atoms with E-state index in [0.717, 1.165) is 38.6 Å². The zero-order valence-corrected chi connectivity index (χ0v) is 21.1. The molecule has 7 nitrogen and oxygen atoms in total. The highest BCUT2D eigenvalue weighted by Gasteiger charge is 2.35. The Hall–Kier alpha value is -4.04. The Morgan fingerprint density at radius 1 is 1.03 bits per heavy atom. The van der Waals surface area contributed by atoms with Gasteiger partial charge in [0.1, 0.15) is 5.75 Å². The Morgan fingerprint density at radius 3 is 2.42 bits per heavy atom. The van der Waals surface area contributed by atoms with Crippen LogP contribution in [0.4, 0.5) is 4.79 Å². The maximum absolute atomic E-state index is 13.3. The summed E-state index contributed by atoms with van der Waals surface area (Å²) in [5.41, 5.74) is 4.31. The first kappa shape index (κ1) is 23.7. The van der Waals surface area contributed by atoms with Gasteiger partial charge in [-0.1, -0.05) is 59.8 Å². The van der Waals surface area contributed by atoms with Crippen molar-refractivity contribution >= 4 is 23.4 Å². The predicted molar refractivity (Wildman–Crippen MR) is 140 cm³/mol. The lowest BCUT2D eigenvalue weighted by molar-refractivity contribution is 0.203. The number of rotatable bonds is 7. The van der Waals surface area contributed by atoms with Gasteiger partial charge in [-0.25, -0.2) is 4.79 Å². The molecule has 0 fully saturated rings. The van der Waals surface area contributed by atoms with Crippen molar-refractivity contribution in [2.24, 2.45) is 0 Å². The monoisotopic (exact) mass is 498 g/mol. The molecule has 1 unspecified atom stereocenters. The van der Waals surface area contributed by atoms with Gasteiger partial charge in [0.2, 0.25) is 5.82 Å². The van der Waals surface area contributed by atoms with E-state index in [4.69, 9.17) is 14.2 Å². The number of urea groups is 1. The molecule has 1 N–H and O–H groups in total. The van der Waals surface area contributed by atoms with Gasteiger partial charge in [0.15, 0.2) is 0 Å². The van der Waals surface area contributed by atoms with Crippen LogP contribution in [0.3, 0.4) is 0 Å². The molecule has 0 aliphatic carbocycles. The summed E-state index contributed by atoms with van der Waals surface area (Å²) < 4.78 is 11.0. The second-order valence-electron chi connectivity index (χ2n) is 8.38. The van der Waals surface area contributed by atoms with Crippen LogP contribution in [0.15, 0.2) is 94.0 Å². The molecule has 0 spiro atoms. The Kier molecular flexibility index (Phi) is 6.77. The fourth-order valence-corrected chi connectivity index (χ4v) is 4.65. The van der Waals surface area contributed by atoms with Crippen LogP contribution in [0, 0.1) is 0 Å². The van der Waals surface area contributed by atoms with Crippen LogP contribution in [0.2, 0.25) is 0 Å². The summed E-state index contributed by atoms with van der Waals surface area (Å²) in [5, 5.41) is 7.39. The van der Waals surface area contributed by atoms with Crippen molar-refractivity contribution in [3.8, 4) is 17.1 Å². The minimum Gasteiger partial charge on any atom is -0.497 e. The zero-order chi connectivity index (χ0) is 25.1. The Labute approximate surface area is 214 Å². The quantitative estimate of drug-likeness (QED) is 0.307. The molecular formula is C28H26N4O3S. The number of benzene rings is 3. The van der Waals surface area contributed by atoms with Crippen LogP contribution in [0.25, 0.3) is 17.0 Å². The van der Waals surface area contributed by atoms with E-state index in [1.54, 1.807) is 23.8 Å². The van der Waals surface area contributed by atoms with E-state index in [0.29, 0.717) is 18.3 Å². The lowest BCUT2D eigenvalue weighted by Gasteiger charge is -2.35. The normalized spacial score (nSPS) is 15.7. The van der Waals surface area contributed by atoms with Gasteiger partial charge in [-0.2, -0.15) is 4.98 Å². The van der Waals surface area contributed by atoms with Crippen LogP contribution in [-0.2, 0) is 6.54 Å². The molecule has 1 aliphatic heterocycles. The summed E-state index contributed by atoms with van der Waals surface area (Å²) in [4.78, 5) is 20.9. The second kappa shape index (κ2) is 10.3. The Morgan fingerprint density at radius 2 is 1.75 bits per heavy atom. The first-order valence-corrected chi connectivity index (χ1v) is 12.7. The lowest BCUT2D eigenvalue weighted by Crippen LogP contribution is -2.45. The summed E-state index contributed by atoms with van der Waals surface area (Å²) in [6.07, 6.45) is 2.04. The van der Waals surface area contributed by atoms with E-state index in [9.17, 15) is 4.79 Å². The molecule has 4 aromatic rings. The van der Waals surface area contributed by atoms with E-state index < -0.39 is 6.04 Å². The molecule has 2 amide bonds. The minimum atomic E-state index is -0.426. The van der Waals surface area contributed by atoms with Crippen molar-refractivity contribution in [2.75, 3.05) is 13.4 Å². The van der Waals surface area contributed by atoms with Crippen molar-refractivity contribution in [2.45, 2.75) is 24.4 Å². The number of carbonyl (C=O) groups excluding carboxylic acids is 1. The number of aromatic nitrogens is 2. The zero-order valence-electron chi connectivity index (χ0n) is 20.3. The van der Waals surface area contributed by atoms with Crippen molar-refractivity contribution in [3.63, 3.8) is 0 Å². The number of hydrogen-bond donors (Lipinski definition) is 1. The topological polar surface area (TPSA) is 80.5 Å². The number of thioether (sulfide) groups is 1. The lowest BCUT2D eigenvalue weighted by atomic mass is 9.94. The third-order valence-corrected chi connectivity index (χ3v) is 6.98. The second-order valence-corrected chi connectivity index (χ2v) is 9.26. The first-order valence-electron chi connectivity index (χ1n) is 11.5. The Bertz CT molecular complexity index is 1380. The van der Waals surface area contributed by atoms with Crippen LogP contribution >= 0.6 is 11.8 Å². The van der Waals surface area contributed by atoms with Crippen molar-refractivity contribution < 1.29 is 14.1 Å².